The van der Waals surface area contributed by atoms with Crippen molar-refractivity contribution in [1.82, 2.24) is 10.3 Å². The van der Waals surface area contributed by atoms with Crippen molar-refractivity contribution in [3.05, 3.63) is 94.5 Å². The highest BCUT2D eigenvalue weighted by Crippen LogP contribution is 2.18. The number of hydrogen-bond donors (Lipinski definition) is 2. The van der Waals surface area contributed by atoms with Crippen molar-refractivity contribution >= 4 is 44.7 Å². The zero-order valence-corrected chi connectivity index (χ0v) is 16.3. The maximum Gasteiger partial charge on any atom is 0.257 e. The molecule has 3 rings (SSSR count). The van der Waals surface area contributed by atoms with E-state index in [9.17, 15) is 8.42 Å². The number of halogens is 2. The molecule has 3 aromatic carbocycles. The first-order valence-electron chi connectivity index (χ1n) is 7.87. The summed E-state index contributed by atoms with van der Waals surface area (Å²) in [6.45, 7) is 0. The number of nitrogens with one attached hydrogen (secondary N) is 2. The predicted octanol–water partition coefficient (Wildman–Crippen LogP) is 4.55. The van der Waals surface area contributed by atoms with Crippen molar-refractivity contribution < 1.29 is 8.42 Å². The predicted molar refractivity (Wildman–Crippen MR) is 109 cm³/mol. The highest BCUT2D eigenvalue weighted by molar-refractivity contribution is 7.89. The van der Waals surface area contributed by atoms with Gasteiger partial charge in [-0.2, -0.15) is 0 Å². The van der Waals surface area contributed by atoms with Crippen molar-refractivity contribution in [2.75, 3.05) is 0 Å². The zero-order valence-electron chi connectivity index (χ0n) is 13.9. The van der Waals surface area contributed by atoms with Gasteiger partial charge in [-0.25, -0.2) is 13.4 Å². The number of rotatable bonds is 5. The Bertz CT molecular complexity index is 1040. The van der Waals surface area contributed by atoms with Crippen molar-refractivity contribution in [1.29, 1.82) is 0 Å². The highest BCUT2D eigenvalue weighted by Gasteiger charge is 2.14. The van der Waals surface area contributed by atoms with Crippen LogP contribution >= 0.6 is 23.2 Å². The van der Waals surface area contributed by atoms with Gasteiger partial charge in [0.05, 0.1) is 10.6 Å². The number of sulfonamides is 1. The molecule has 0 fully saturated rings. The molecule has 0 heterocycles. The summed E-state index contributed by atoms with van der Waals surface area (Å²) in [4.78, 5) is 6.96. The molecule has 0 aliphatic rings. The van der Waals surface area contributed by atoms with E-state index in [2.05, 4.69) is 15.2 Å². The van der Waals surface area contributed by atoms with E-state index in [1.54, 1.807) is 66.7 Å². The summed E-state index contributed by atoms with van der Waals surface area (Å²) in [5.41, 5.74) is 3.96. The Morgan fingerprint density at radius 2 is 1.33 bits per heavy atom. The molecule has 0 radical (unpaired) electrons. The molecular formula is C19H15Cl2N3O2S. The molecule has 0 spiro atoms. The average Bonchev–Trinajstić information content (AvgIpc) is 2.68. The Kier molecular flexibility index (Phi) is 6.13. The van der Waals surface area contributed by atoms with E-state index in [1.165, 1.54) is 12.1 Å². The Morgan fingerprint density at radius 3 is 1.93 bits per heavy atom. The van der Waals surface area contributed by atoms with Crippen LogP contribution in [-0.4, -0.2) is 14.3 Å². The Balaban J connectivity index is 1.90. The fourth-order valence-corrected chi connectivity index (χ4v) is 3.31. The summed E-state index contributed by atoms with van der Waals surface area (Å²) in [6, 6.07) is 21.8. The average molecular weight is 420 g/mol. The molecule has 0 atom stereocenters. The SMILES string of the molecule is O=S(=O)(NNC(=Nc1ccc(Cl)cc1)c1ccc(Cl)cc1)c1ccccc1. The molecule has 0 saturated carbocycles. The molecule has 0 aromatic heterocycles. The first-order chi connectivity index (χ1) is 12.9. The Hall–Kier alpha value is -2.38. The second-order valence-electron chi connectivity index (χ2n) is 5.49. The van der Waals surface area contributed by atoms with E-state index < -0.39 is 10.0 Å². The first-order valence-corrected chi connectivity index (χ1v) is 10.1. The first kappa shape index (κ1) is 19.4. The van der Waals surface area contributed by atoms with E-state index in [0.717, 1.165) is 0 Å². The molecule has 0 unspecified atom stereocenters. The minimum Gasteiger partial charge on any atom is -0.291 e. The summed E-state index contributed by atoms with van der Waals surface area (Å²) < 4.78 is 24.9. The Morgan fingerprint density at radius 1 is 0.778 bits per heavy atom. The lowest BCUT2D eigenvalue weighted by atomic mass is 10.2. The lowest BCUT2D eigenvalue weighted by Crippen LogP contribution is -2.41. The van der Waals surface area contributed by atoms with E-state index in [0.29, 0.717) is 27.1 Å². The quantitative estimate of drug-likeness (QED) is 0.361. The third kappa shape index (κ3) is 5.30. The van der Waals surface area contributed by atoms with Crippen molar-refractivity contribution in [3.63, 3.8) is 0 Å². The number of amidine groups is 1. The van der Waals surface area contributed by atoms with Gasteiger partial charge in [0.2, 0.25) is 0 Å². The molecular weight excluding hydrogens is 405 g/mol. The van der Waals surface area contributed by atoms with Gasteiger partial charge in [-0.1, -0.05) is 41.4 Å². The number of nitrogens with zero attached hydrogens (tertiary/aromatic N) is 1. The molecule has 5 nitrogen and oxygen atoms in total. The van der Waals surface area contributed by atoms with Gasteiger partial charge in [-0.3, -0.25) is 5.43 Å². The summed E-state index contributed by atoms with van der Waals surface area (Å²) >= 11 is 11.8. The highest BCUT2D eigenvalue weighted by atomic mass is 35.5. The third-order valence-electron chi connectivity index (χ3n) is 3.54. The lowest BCUT2D eigenvalue weighted by Gasteiger charge is -2.12. The molecule has 2 N–H and O–H groups in total. The van der Waals surface area contributed by atoms with Crippen LogP contribution in [-0.2, 0) is 10.0 Å². The van der Waals surface area contributed by atoms with Crippen LogP contribution in [0.3, 0.4) is 0 Å². The van der Waals surface area contributed by atoms with Gasteiger partial charge in [0.15, 0.2) is 0 Å². The van der Waals surface area contributed by atoms with Crippen LogP contribution in [0.2, 0.25) is 10.0 Å². The van der Waals surface area contributed by atoms with Crippen molar-refractivity contribution in [2.45, 2.75) is 4.90 Å². The maximum atomic E-state index is 12.5. The second-order valence-corrected chi connectivity index (χ2v) is 8.04. The minimum absolute atomic E-state index is 0.138. The van der Waals surface area contributed by atoms with Crippen LogP contribution in [0.25, 0.3) is 0 Å². The largest absolute Gasteiger partial charge is 0.291 e. The van der Waals surface area contributed by atoms with Gasteiger partial charge in [0.25, 0.3) is 10.0 Å². The van der Waals surface area contributed by atoms with Gasteiger partial charge in [-0.15, -0.1) is 4.83 Å². The molecule has 0 aliphatic heterocycles. The van der Waals surface area contributed by atoms with Crippen molar-refractivity contribution in [2.24, 2.45) is 4.99 Å². The standard InChI is InChI=1S/C19H15Cl2N3O2S/c20-15-8-6-14(7-9-15)19(22-17-12-10-16(21)11-13-17)23-24-27(25,26)18-4-2-1-3-5-18/h1-13,24H,(H,22,23). The molecule has 0 aliphatic carbocycles. The van der Waals surface area contributed by atoms with E-state index in [1.807, 2.05) is 0 Å². The third-order valence-corrected chi connectivity index (χ3v) is 5.31. The van der Waals surface area contributed by atoms with E-state index in [4.69, 9.17) is 23.2 Å². The van der Waals surface area contributed by atoms with Gasteiger partial charge in [-0.05, 0) is 60.7 Å². The monoisotopic (exact) mass is 419 g/mol. The Labute approximate surface area is 167 Å². The fraction of sp³-hybridized carbons (Fsp3) is 0. The van der Waals surface area contributed by atoms with Crippen LogP contribution in [0.4, 0.5) is 5.69 Å². The summed E-state index contributed by atoms with van der Waals surface area (Å²) in [5, 5.41) is 1.15. The van der Waals surface area contributed by atoms with Crippen LogP contribution in [0, 0.1) is 0 Å². The molecule has 8 heteroatoms. The molecule has 138 valence electrons. The van der Waals surface area contributed by atoms with Gasteiger partial charge in [0, 0.05) is 15.6 Å². The fourth-order valence-electron chi connectivity index (χ4n) is 2.19. The lowest BCUT2D eigenvalue weighted by molar-refractivity contribution is 0.577. The van der Waals surface area contributed by atoms with Gasteiger partial charge < -0.3 is 0 Å². The summed E-state index contributed by atoms with van der Waals surface area (Å²) in [5.74, 6) is 0.313. The van der Waals surface area contributed by atoms with Crippen LogP contribution in [0.15, 0.2) is 88.8 Å². The minimum atomic E-state index is -3.76. The van der Waals surface area contributed by atoms with Gasteiger partial charge in [0.1, 0.15) is 5.84 Å². The number of benzene rings is 3. The van der Waals surface area contributed by atoms with Crippen molar-refractivity contribution in [3.8, 4) is 0 Å². The molecule has 3 aromatic rings. The molecule has 27 heavy (non-hydrogen) atoms. The number of hydrogen-bond acceptors (Lipinski definition) is 3. The molecule has 0 amide bonds. The maximum absolute atomic E-state index is 12.5. The molecule has 0 saturated heterocycles. The normalized spacial score (nSPS) is 12.0. The summed E-state index contributed by atoms with van der Waals surface area (Å²) in [6.07, 6.45) is 0. The number of aliphatic imine (C=N–C) groups is 1. The zero-order chi connectivity index (χ0) is 19.3. The second kappa shape index (κ2) is 8.54. The van der Waals surface area contributed by atoms with Crippen LogP contribution in [0.1, 0.15) is 5.56 Å². The smallest absolute Gasteiger partial charge is 0.257 e. The number of hydrazine groups is 1. The van der Waals surface area contributed by atoms with E-state index >= 15 is 0 Å². The summed E-state index contributed by atoms with van der Waals surface area (Å²) in [7, 11) is -3.76. The van der Waals surface area contributed by atoms with Gasteiger partial charge >= 0.3 is 0 Å². The van der Waals surface area contributed by atoms with Crippen LogP contribution in [0.5, 0.6) is 0 Å². The molecule has 0 bridgehead atoms. The van der Waals surface area contributed by atoms with Crippen LogP contribution < -0.4 is 10.3 Å². The topological polar surface area (TPSA) is 70.6 Å². The van der Waals surface area contributed by atoms with E-state index in [-0.39, 0.29) is 4.90 Å².